The van der Waals surface area contributed by atoms with Crippen LogP contribution >= 0.6 is 0 Å². The van der Waals surface area contributed by atoms with E-state index in [0.29, 0.717) is 0 Å². The molecule has 2 aromatic carbocycles. The molecule has 1 heterocycles. The number of benzene rings is 2. The predicted octanol–water partition coefficient (Wildman–Crippen LogP) is 3.64. The van der Waals surface area contributed by atoms with Gasteiger partial charge in [0, 0.05) is 12.1 Å². The van der Waals surface area contributed by atoms with E-state index in [1.807, 2.05) is 30.4 Å². The van der Waals surface area contributed by atoms with Crippen LogP contribution in [0.2, 0.25) is 0 Å². The Morgan fingerprint density at radius 3 is 2.50 bits per heavy atom. The van der Waals surface area contributed by atoms with Crippen LogP contribution in [0.25, 0.3) is 23.2 Å². The average molecular weight is 265 g/mol. The van der Waals surface area contributed by atoms with Crippen molar-refractivity contribution in [2.45, 2.75) is 0 Å². The highest BCUT2D eigenvalue weighted by Crippen LogP contribution is 2.16. The summed E-state index contributed by atoms with van der Waals surface area (Å²) in [5.74, 6) is 0. The quantitative estimate of drug-likeness (QED) is 0.446. The van der Waals surface area contributed by atoms with Gasteiger partial charge in [0.25, 0.3) is 5.69 Å². The van der Waals surface area contributed by atoms with Gasteiger partial charge in [-0.2, -0.15) is 0 Å². The SMILES string of the molecule is O=[N+]([O-])c1ccc(C=Cc2ccc3nc[nH]c3c2)cc1. The topological polar surface area (TPSA) is 71.8 Å². The summed E-state index contributed by atoms with van der Waals surface area (Å²) in [5, 5.41) is 10.6. The van der Waals surface area contributed by atoms with E-state index in [4.69, 9.17) is 0 Å². The molecule has 5 nitrogen and oxygen atoms in total. The molecule has 0 aliphatic heterocycles. The Morgan fingerprint density at radius 2 is 1.75 bits per heavy atom. The lowest BCUT2D eigenvalue weighted by atomic mass is 10.1. The number of nitro groups is 1. The lowest BCUT2D eigenvalue weighted by Gasteiger charge is -1.95. The first-order valence-corrected chi connectivity index (χ1v) is 6.08. The summed E-state index contributed by atoms with van der Waals surface area (Å²) in [6.45, 7) is 0. The van der Waals surface area contributed by atoms with Crippen molar-refractivity contribution in [1.29, 1.82) is 0 Å². The second-order valence-electron chi connectivity index (χ2n) is 4.36. The zero-order chi connectivity index (χ0) is 13.9. The van der Waals surface area contributed by atoms with Crippen LogP contribution in [0.4, 0.5) is 5.69 Å². The summed E-state index contributed by atoms with van der Waals surface area (Å²) in [6, 6.07) is 12.4. The molecular weight excluding hydrogens is 254 g/mol. The second-order valence-corrected chi connectivity index (χ2v) is 4.36. The summed E-state index contributed by atoms with van der Waals surface area (Å²) in [7, 11) is 0. The van der Waals surface area contributed by atoms with Crippen molar-refractivity contribution in [1.82, 2.24) is 9.97 Å². The molecule has 0 atom stereocenters. The van der Waals surface area contributed by atoms with Crippen LogP contribution in [-0.2, 0) is 0 Å². The van der Waals surface area contributed by atoms with Gasteiger partial charge in [-0.25, -0.2) is 4.98 Å². The van der Waals surface area contributed by atoms with Crippen molar-refractivity contribution >= 4 is 28.9 Å². The van der Waals surface area contributed by atoms with Gasteiger partial charge in [0.2, 0.25) is 0 Å². The molecule has 0 fully saturated rings. The first kappa shape index (κ1) is 12.1. The first-order chi connectivity index (χ1) is 9.72. The second kappa shape index (κ2) is 4.97. The van der Waals surface area contributed by atoms with Crippen LogP contribution in [0.3, 0.4) is 0 Å². The monoisotopic (exact) mass is 265 g/mol. The number of aromatic amines is 1. The molecule has 5 heteroatoms. The number of imidazole rings is 1. The molecule has 0 saturated carbocycles. The standard InChI is InChI=1S/C15H11N3O2/c19-18(20)13-6-3-11(4-7-13)1-2-12-5-8-14-15(9-12)17-10-16-14/h1-10H,(H,16,17). The number of H-pyrrole nitrogens is 1. The molecule has 98 valence electrons. The molecule has 0 spiro atoms. The number of fused-ring (bicyclic) bond motifs is 1. The van der Waals surface area contributed by atoms with E-state index in [0.717, 1.165) is 22.2 Å². The minimum Gasteiger partial charge on any atom is -0.345 e. The van der Waals surface area contributed by atoms with Crippen molar-refractivity contribution in [3.05, 3.63) is 70.0 Å². The Labute approximate surface area is 114 Å². The Kier molecular flexibility index (Phi) is 3.01. The number of nitro benzene ring substituents is 1. The number of hydrogen-bond donors (Lipinski definition) is 1. The highest BCUT2D eigenvalue weighted by molar-refractivity contribution is 5.80. The Hall–Kier alpha value is -2.95. The van der Waals surface area contributed by atoms with Crippen LogP contribution < -0.4 is 0 Å². The van der Waals surface area contributed by atoms with Gasteiger partial charge in [-0.15, -0.1) is 0 Å². The molecule has 0 radical (unpaired) electrons. The molecule has 0 aliphatic rings. The molecular formula is C15H11N3O2. The molecule has 0 saturated heterocycles. The summed E-state index contributed by atoms with van der Waals surface area (Å²) >= 11 is 0. The Morgan fingerprint density at radius 1 is 1.05 bits per heavy atom. The van der Waals surface area contributed by atoms with E-state index < -0.39 is 4.92 Å². The van der Waals surface area contributed by atoms with Gasteiger partial charge in [0.1, 0.15) is 0 Å². The van der Waals surface area contributed by atoms with Crippen molar-refractivity contribution in [3.63, 3.8) is 0 Å². The number of aromatic nitrogens is 2. The van der Waals surface area contributed by atoms with Crippen molar-refractivity contribution in [2.24, 2.45) is 0 Å². The van der Waals surface area contributed by atoms with E-state index in [1.54, 1.807) is 18.5 Å². The summed E-state index contributed by atoms with van der Waals surface area (Å²) in [5.41, 5.74) is 3.97. The molecule has 3 aromatic rings. The Balaban J connectivity index is 1.83. The van der Waals surface area contributed by atoms with Crippen LogP contribution in [0.5, 0.6) is 0 Å². The van der Waals surface area contributed by atoms with Crippen molar-refractivity contribution in [3.8, 4) is 0 Å². The number of hydrogen-bond acceptors (Lipinski definition) is 3. The third kappa shape index (κ3) is 2.42. The van der Waals surface area contributed by atoms with Crippen molar-refractivity contribution in [2.75, 3.05) is 0 Å². The normalized spacial score (nSPS) is 11.2. The number of rotatable bonds is 3. The molecule has 20 heavy (non-hydrogen) atoms. The Bertz CT molecular complexity index is 788. The minimum absolute atomic E-state index is 0.0982. The first-order valence-electron chi connectivity index (χ1n) is 6.08. The molecule has 0 aliphatic carbocycles. The largest absolute Gasteiger partial charge is 0.345 e. The molecule has 1 N–H and O–H groups in total. The van der Waals surface area contributed by atoms with E-state index in [2.05, 4.69) is 9.97 Å². The van der Waals surface area contributed by atoms with Gasteiger partial charge < -0.3 is 4.98 Å². The predicted molar refractivity (Wildman–Crippen MR) is 78.1 cm³/mol. The third-order valence-corrected chi connectivity index (χ3v) is 3.02. The fourth-order valence-corrected chi connectivity index (χ4v) is 1.96. The van der Waals surface area contributed by atoms with Gasteiger partial charge in [0.15, 0.2) is 0 Å². The highest BCUT2D eigenvalue weighted by atomic mass is 16.6. The number of nitrogens with zero attached hydrogens (tertiary/aromatic N) is 2. The molecule has 0 amide bonds. The van der Waals surface area contributed by atoms with Gasteiger partial charge in [0.05, 0.1) is 22.3 Å². The van der Waals surface area contributed by atoms with E-state index in [1.165, 1.54) is 12.1 Å². The number of nitrogens with one attached hydrogen (secondary N) is 1. The van der Waals surface area contributed by atoms with Gasteiger partial charge in [-0.1, -0.05) is 18.2 Å². The van der Waals surface area contributed by atoms with E-state index in [9.17, 15) is 10.1 Å². The maximum Gasteiger partial charge on any atom is 0.269 e. The smallest absolute Gasteiger partial charge is 0.269 e. The van der Waals surface area contributed by atoms with Crippen molar-refractivity contribution < 1.29 is 4.92 Å². The minimum atomic E-state index is -0.403. The number of non-ortho nitro benzene ring substituents is 1. The van der Waals surface area contributed by atoms with Crippen LogP contribution in [0, 0.1) is 10.1 Å². The summed E-state index contributed by atoms with van der Waals surface area (Å²) in [4.78, 5) is 17.4. The van der Waals surface area contributed by atoms with Gasteiger partial charge in [-0.05, 0) is 35.4 Å². The molecule has 0 unspecified atom stereocenters. The highest BCUT2D eigenvalue weighted by Gasteiger charge is 2.02. The molecule has 0 bridgehead atoms. The van der Waals surface area contributed by atoms with E-state index >= 15 is 0 Å². The van der Waals surface area contributed by atoms with Crippen LogP contribution in [0.15, 0.2) is 48.8 Å². The van der Waals surface area contributed by atoms with Gasteiger partial charge in [-0.3, -0.25) is 10.1 Å². The lowest BCUT2D eigenvalue weighted by Crippen LogP contribution is -1.86. The zero-order valence-electron chi connectivity index (χ0n) is 10.5. The maximum absolute atomic E-state index is 10.6. The third-order valence-electron chi connectivity index (χ3n) is 3.02. The average Bonchev–Trinajstić information content (AvgIpc) is 2.93. The van der Waals surface area contributed by atoms with Crippen LogP contribution in [-0.4, -0.2) is 14.9 Å². The van der Waals surface area contributed by atoms with Gasteiger partial charge >= 0.3 is 0 Å². The summed E-state index contributed by atoms with van der Waals surface area (Å²) < 4.78 is 0. The van der Waals surface area contributed by atoms with Crippen LogP contribution in [0.1, 0.15) is 11.1 Å². The lowest BCUT2D eigenvalue weighted by molar-refractivity contribution is -0.384. The zero-order valence-corrected chi connectivity index (χ0v) is 10.5. The fraction of sp³-hybridized carbons (Fsp3) is 0. The van der Waals surface area contributed by atoms with E-state index in [-0.39, 0.29) is 5.69 Å². The fourth-order valence-electron chi connectivity index (χ4n) is 1.96. The summed E-state index contributed by atoms with van der Waals surface area (Å²) in [6.07, 6.45) is 5.54. The molecule has 3 rings (SSSR count). The maximum atomic E-state index is 10.6. The molecule has 1 aromatic heterocycles.